The molecule has 1 heterocycles. The van der Waals surface area contributed by atoms with Crippen molar-refractivity contribution in [2.24, 2.45) is 5.92 Å². The third kappa shape index (κ3) is 4.69. The second kappa shape index (κ2) is 7.09. The van der Waals surface area contributed by atoms with Crippen LogP contribution in [-0.2, 0) is 4.74 Å². The maximum atomic E-state index is 13.9. The van der Waals surface area contributed by atoms with Gasteiger partial charge in [-0.25, -0.2) is 9.18 Å². The molecule has 2 rings (SSSR count). The van der Waals surface area contributed by atoms with E-state index in [0.29, 0.717) is 17.6 Å². The molecule has 1 saturated heterocycles. The summed E-state index contributed by atoms with van der Waals surface area (Å²) in [5.74, 6) is -1.01. The Hall–Kier alpha value is -1.63. The van der Waals surface area contributed by atoms with Crippen LogP contribution in [0, 0.1) is 11.7 Å². The molecule has 132 valence electrons. The summed E-state index contributed by atoms with van der Waals surface area (Å²) >= 11 is 3.16. The van der Waals surface area contributed by atoms with Crippen molar-refractivity contribution in [1.29, 1.82) is 0 Å². The molecule has 7 heteroatoms. The molecule has 0 unspecified atom stereocenters. The van der Waals surface area contributed by atoms with Crippen molar-refractivity contribution in [1.82, 2.24) is 10.2 Å². The first-order valence-corrected chi connectivity index (χ1v) is 8.60. The molecule has 1 aromatic carbocycles. The number of benzene rings is 1. The number of carbonyl (C=O) groups excluding carboxylic acids is 2. The second-order valence-electron chi connectivity index (χ2n) is 7.07. The zero-order valence-electron chi connectivity index (χ0n) is 14.2. The SMILES string of the molecule is C[C@H]1CN(C(=O)OC(C)(C)C)C[C@@H]1NC(=O)c1ccc(Br)cc1F. The highest BCUT2D eigenvalue weighted by atomic mass is 79.9. The van der Waals surface area contributed by atoms with E-state index in [1.807, 2.05) is 6.92 Å². The fourth-order valence-corrected chi connectivity index (χ4v) is 2.88. The molecule has 24 heavy (non-hydrogen) atoms. The fraction of sp³-hybridized carbons (Fsp3) is 0.529. The van der Waals surface area contributed by atoms with Crippen LogP contribution in [0.5, 0.6) is 0 Å². The molecule has 0 spiro atoms. The summed E-state index contributed by atoms with van der Waals surface area (Å²) in [6.07, 6.45) is -0.402. The van der Waals surface area contributed by atoms with Crippen LogP contribution in [0.25, 0.3) is 0 Å². The van der Waals surface area contributed by atoms with Crippen molar-refractivity contribution in [3.8, 4) is 0 Å². The monoisotopic (exact) mass is 400 g/mol. The lowest BCUT2D eigenvalue weighted by Gasteiger charge is -2.24. The largest absolute Gasteiger partial charge is 0.444 e. The van der Waals surface area contributed by atoms with Crippen molar-refractivity contribution in [2.75, 3.05) is 13.1 Å². The number of nitrogens with zero attached hydrogens (tertiary/aromatic N) is 1. The van der Waals surface area contributed by atoms with Gasteiger partial charge in [-0.3, -0.25) is 4.79 Å². The van der Waals surface area contributed by atoms with Gasteiger partial charge in [0.15, 0.2) is 0 Å². The number of ether oxygens (including phenoxy) is 1. The maximum absolute atomic E-state index is 13.9. The molecule has 1 aliphatic heterocycles. The Morgan fingerprint density at radius 1 is 1.33 bits per heavy atom. The van der Waals surface area contributed by atoms with Crippen LogP contribution >= 0.6 is 15.9 Å². The summed E-state index contributed by atoms with van der Waals surface area (Å²) in [5, 5.41) is 2.81. The predicted octanol–water partition coefficient (Wildman–Crippen LogP) is 3.57. The number of amides is 2. The standard InChI is InChI=1S/C17H22BrFN2O3/c1-10-8-21(16(23)24-17(2,3)4)9-14(10)20-15(22)12-6-5-11(18)7-13(12)19/h5-7,10,14H,8-9H2,1-4H3,(H,20,22)/t10-,14-/m0/s1. The molecule has 0 saturated carbocycles. The zero-order valence-corrected chi connectivity index (χ0v) is 15.8. The van der Waals surface area contributed by atoms with E-state index >= 15 is 0 Å². The topological polar surface area (TPSA) is 58.6 Å². The quantitative estimate of drug-likeness (QED) is 0.825. The molecule has 0 radical (unpaired) electrons. The molecule has 2 amide bonds. The van der Waals surface area contributed by atoms with Crippen molar-refractivity contribution in [3.05, 3.63) is 34.1 Å². The average Bonchev–Trinajstić information content (AvgIpc) is 2.78. The summed E-state index contributed by atoms with van der Waals surface area (Å²) in [4.78, 5) is 26.0. The lowest BCUT2D eigenvalue weighted by Crippen LogP contribution is -2.41. The van der Waals surface area contributed by atoms with E-state index in [0.717, 1.165) is 0 Å². The van der Waals surface area contributed by atoms with Gasteiger partial charge in [0.25, 0.3) is 5.91 Å². The molecule has 5 nitrogen and oxygen atoms in total. The van der Waals surface area contributed by atoms with Crippen LogP contribution in [0.2, 0.25) is 0 Å². The smallest absolute Gasteiger partial charge is 0.410 e. The first-order valence-electron chi connectivity index (χ1n) is 7.80. The molecule has 0 aliphatic carbocycles. The number of nitrogens with one attached hydrogen (secondary N) is 1. The summed E-state index contributed by atoms with van der Waals surface area (Å²) in [6.45, 7) is 8.19. The van der Waals surface area contributed by atoms with Gasteiger partial charge in [0.05, 0.1) is 11.6 Å². The van der Waals surface area contributed by atoms with Crippen LogP contribution in [0.1, 0.15) is 38.1 Å². The van der Waals surface area contributed by atoms with Gasteiger partial charge in [0, 0.05) is 17.6 Å². The second-order valence-corrected chi connectivity index (χ2v) is 7.98. The lowest BCUT2D eigenvalue weighted by atomic mass is 10.1. The summed E-state index contributed by atoms with van der Waals surface area (Å²) < 4.78 is 19.8. The number of likely N-dealkylation sites (tertiary alicyclic amines) is 1. The Labute approximate surface area is 149 Å². The summed E-state index contributed by atoms with van der Waals surface area (Å²) in [5.41, 5.74) is -0.580. The first-order chi connectivity index (χ1) is 11.1. The third-order valence-electron chi connectivity index (χ3n) is 3.76. The van der Waals surface area contributed by atoms with E-state index < -0.39 is 23.4 Å². The molecule has 1 N–H and O–H groups in total. The molecule has 0 aromatic heterocycles. The van der Waals surface area contributed by atoms with Gasteiger partial charge < -0.3 is 15.0 Å². The van der Waals surface area contributed by atoms with E-state index in [1.165, 1.54) is 12.1 Å². The number of rotatable bonds is 2. The van der Waals surface area contributed by atoms with Crippen molar-refractivity contribution in [3.63, 3.8) is 0 Å². The van der Waals surface area contributed by atoms with Crippen molar-refractivity contribution < 1.29 is 18.7 Å². The zero-order chi connectivity index (χ0) is 18.1. The number of halogens is 2. The van der Waals surface area contributed by atoms with Crippen LogP contribution in [-0.4, -0.2) is 41.6 Å². The van der Waals surface area contributed by atoms with Gasteiger partial charge in [-0.2, -0.15) is 0 Å². The molecule has 1 fully saturated rings. The predicted molar refractivity (Wildman–Crippen MR) is 92.3 cm³/mol. The Balaban J connectivity index is 2.00. The van der Waals surface area contributed by atoms with Crippen molar-refractivity contribution >= 4 is 27.9 Å². The Kier molecular flexibility index (Phi) is 5.52. The highest BCUT2D eigenvalue weighted by Gasteiger charge is 2.35. The molecule has 1 aliphatic rings. The normalized spacial score (nSPS) is 20.8. The van der Waals surface area contributed by atoms with E-state index in [1.54, 1.807) is 31.7 Å². The highest BCUT2D eigenvalue weighted by molar-refractivity contribution is 9.10. The average molecular weight is 401 g/mol. The minimum Gasteiger partial charge on any atom is -0.444 e. The third-order valence-corrected chi connectivity index (χ3v) is 4.25. The van der Waals surface area contributed by atoms with Crippen LogP contribution < -0.4 is 5.32 Å². The maximum Gasteiger partial charge on any atom is 0.410 e. The number of hydrogen-bond acceptors (Lipinski definition) is 3. The van der Waals surface area contributed by atoms with Gasteiger partial charge in [0.2, 0.25) is 0 Å². The first kappa shape index (κ1) is 18.7. The lowest BCUT2D eigenvalue weighted by molar-refractivity contribution is 0.0285. The molecular weight excluding hydrogens is 379 g/mol. The number of hydrogen-bond donors (Lipinski definition) is 1. The summed E-state index contributed by atoms with van der Waals surface area (Å²) in [7, 11) is 0. The molecule has 1 aromatic rings. The highest BCUT2D eigenvalue weighted by Crippen LogP contribution is 2.21. The molecule has 0 bridgehead atoms. The van der Waals surface area contributed by atoms with Gasteiger partial charge in [0.1, 0.15) is 11.4 Å². The van der Waals surface area contributed by atoms with E-state index in [4.69, 9.17) is 4.74 Å². The molecular formula is C17H22BrFN2O3. The Morgan fingerprint density at radius 2 is 2.00 bits per heavy atom. The van der Waals surface area contributed by atoms with Gasteiger partial charge >= 0.3 is 6.09 Å². The Bertz CT molecular complexity index is 645. The van der Waals surface area contributed by atoms with Crippen LogP contribution in [0.15, 0.2) is 22.7 Å². The van der Waals surface area contributed by atoms with E-state index in [-0.39, 0.29) is 17.5 Å². The van der Waals surface area contributed by atoms with Crippen molar-refractivity contribution in [2.45, 2.75) is 39.3 Å². The van der Waals surface area contributed by atoms with Crippen LogP contribution in [0.3, 0.4) is 0 Å². The Morgan fingerprint density at radius 3 is 2.58 bits per heavy atom. The van der Waals surface area contributed by atoms with E-state index in [2.05, 4.69) is 21.2 Å². The van der Waals surface area contributed by atoms with Gasteiger partial charge in [-0.15, -0.1) is 0 Å². The van der Waals surface area contributed by atoms with Crippen LogP contribution in [0.4, 0.5) is 9.18 Å². The minimum absolute atomic E-state index is 0.0129. The van der Waals surface area contributed by atoms with E-state index in [9.17, 15) is 14.0 Å². The minimum atomic E-state index is -0.587. The summed E-state index contributed by atoms with van der Waals surface area (Å²) in [6, 6.07) is 4.05. The van der Waals surface area contributed by atoms with Gasteiger partial charge in [-0.05, 0) is 44.9 Å². The number of carbonyl (C=O) groups is 2. The van der Waals surface area contributed by atoms with Gasteiger partial charge in [-0.1, -0.05) is 22.9 Å². The fourth-order valence-electron chi connectivity index (χ4n) is 2.55. The molecule has 2 atom stereocenters.